The number of aromatic nitrogens is 2. The van der Waals surface area contributed by atoms with Crippen LogP contribution in [0.15, 0.2) is 48.5 Å². The lowest BCUT2D eigenvalue weighted by atomic mass is 10.2. The summed E-state index contributed by atoms with van der Waals surface area (Å²) in [7, 11) is 0. The Bertz CT molecular complexity index is 840. The van der Waals surface area contributed by atoms with E-state index in [0.717, 1.165) is 5.56 Å². The molecule has 110 valence electrons. The molecule has 3 aromatic rings. The van der Waals surface area contributed by atoms with Crippen molar-refractivity contribution in [3.05, 3.63) is 69.4 Å². The number of non-ortho nitro benzene ring substituents is 1. The molecule has 0 saturated carbocycles. The van der Waals surface area contributed by atoms with E-state index in [2.05, 4.69) is 10.2 Å². The van der Waals surface area contributed by atoms with Gasteiger partial charge >= 0.3 is 0 Å². The Morgan fingerprint density at radius 2 is 1.86 bits per heavy atom. The number of ether oxygens (including phenoxy) is 1. The van der Waals surface area contributed by atoms with Gasteiger partial charge in [-0.3, -0.25) is 10.1 Å². The molecular weight excluding hydrogens is 306 g/mol. The van der Waals surface area contributed by atoms with Crippen molar-refractivity contribution in [1.82, 2.24) is 10.2 Å². The maximum atomic E-state index is 10.9. The predicted molar refractivity (Wildman–Crippen MR) is 82.0 cm³/mol. The summed E-state index contributed by atoms with van der Waals surface area (Å²) in [5.74, 6) is 0.215. The molecule has 0 atom stereocenters. The molecule has 1 heterocycles. The van der Waals surface area contributed by atoms with E-state index < -0.39 is 4.92 Å². The van der Waals surface area contributed by atoms with Crippen LogP contribution in [0.2, 0.25) is 5.15 Å². The zero-order valence-electron chi connectivity index (χ0n) is 11.3. The first-order valence-electron chi connectivity index (χ1n) is 6.42. The molecule has 0 bridgehead atoms. The second kappa shape index (κ2) is 5.95. The molecule has 0 saturated heterocycles. The average molecular weight is 316 g/mol. The van der Waals surface area contributed by atoms with Crippen LogP contribution in [0.5, 0.6) is 5.88 Å². The van der Waals surface area contributed by atoms with Crippen molar-refractivity contribution < 1.29 is 9.66 Å². The third kappa shape index (κ3) is 2.82. The lowest BCUT2D eigenvalue weighted by molar-refractivity contribution is -0.384. The van der Waals surface area contributed by atoms with Gasteiger partial charge in [-0.25, -0.2) is 0 Å². The van der Waals surface area contributed by atoms with Crippen molar-refractivity contribution >= 4 is 28.1 Å². The molecule has 7 heteroatoms. The fourth-order valence-electron chi connectivity index (χ4n) is 2.03. The van der Waals surface area contributed by atoms with Gasteiger partial charge in [0.05, 0.1) is 10.3 Å². The Morgan fingerprint density at radius 1 is 1.09 bits per heavy atom. The van der Waals surface area contributed by atoms with Gasteiger partial charge in [0.1, 0.15) is 6.61 Å². The van der Waals surface area contributed by atoms with Crippen LogP contribution in [0.3, 0.4) is 0 Å². The van der Waals surface area contributed by atoms with E-state index in [1.807, 2.05) is 30.3 Å². The number of nitrogens with zero attached hydrogens (tertiary/aromatic N) is 3. The minimum atomic E-state index is -0.477. The van der Waals surface area contributed by atoms with Crippen molar-refractivity contribution in [2.24, 2.45) is 0 Å². The summed E-state index contributed by atoms with van der Waals surface area (Å²) in [6.45, 7) is 0.287. The van der Waals surface area contributed by atoms with Crippen molar-refractivity contribution in [3.8, 4) is 5.88 Å². The number of nitro groups is 1. The van der Waals surface area contributed by atoms with Crippen molar-refractivity contribution in [1.29, 1.82) is 0 Å². The molecule has 0 unspecified atom stereocenters. The van der Waals surface area contributed by atoms with Crippen LogP contribution in [0, 0.1) is 10.1 Å². The molecule has 0 aliphatic heterocycles. The van der Waals surface area contributed by atoms with Crippen LogP contribution in [0.1, 0.15) is 5.56 Å². The minimum absolute atomic E-state index is 0.0545. The Kier molecular flexibility index (Phi) is 3.84. The molecule has 0 radical (unpaired) electrons. The SMILES string of the molecule is O=[N+]([O-])c1ccc2c(Cl)nnc(OCc3ccccc3)c2c1. The van der Waals surface area contributed by atoms with Crippen molar-refractivity contribution in [3.63, 3.8) is 0 Å². The van der Waals surface area contributed by atoms with Gasteiger partial charge in [0.15, 0.2) is 5.15 Å². The largest absolute Gasteiger partial charge is 0.471 e. The highest BCUT2D eigenvalue weighted by atomic mass is 35.5. The lowest BCUT2D eigenvalue weighted by Gasteiger charge is -2.08. The highest BCUT2D eigenvalue weighted by Crippen LogP contribution is 2.31. The first-order valence-corrected chi connectivity index (χ1v) is 6.80. The maximum Gasteiger partial charge on any atom is 0.270 e. The van der Waals surface area contributed by atoms with Gasteiger partial charge in [-0.05, 0) is 11.6 Å². The number of hydrogen-bond acceptors (Lipinski definition) is 5. The zero-order valence-corrected chi connectivity index (χ0v) is 12.0. The number of halogens is 1. The summed E-state index contributed by atoms with van der Waals surface area (Å²) < 4.78 is 5.64. The van der Waals surface area contributed by atoms with Crippen LogP contribution >= 0.6 is 11.6 Å². The molecule has 1 aromatic heterocycles. The van der Waals surface area contributed by atoms with Crippen molar-refractivity contribution in [2.75, 3.05) is 0 Å². The van der Waals surface area contributed by atoms with Crippen LogP contribution in [-0.2, 0) is 6.61 Å². The number of nitro benzene ring substituents is 1. The Labute approximate surface area is 130 Å². The quantitative estimate of drug-likeness (QED) is 0.541. The third-order valence-electron chi connectivity index (χ3n) is 3.11. The molecule has 3 rings (SSSR count). The van der Waals surface area contributed by atoms with Gasteiger partial charge in [0.2, 0.25) is 5.88 Å². The van der Waals surface area contributed by atoms with Gasteiger partial charge in [0, 0.05) is 17.5 Å². The summed E-state index contributed by atoms with van der Waals surface area (Å²) in [6.07, 6.45) is 0. The number of benzene rings is 2. The van der Waals surface area contributed by atoms with Gasteiger partial charge in [-0.2, -0.15) is 0 Å². The van der Waals surface area contributed by atoms with Gasteiger partial charge in [0.25, 0.3) is 5.69 Å². The summed E-state index contributed by atoms with van der Waals surface area (Å²) in [6, 6.07) is 13.8. The highest BCUT2D eigenvalue weighted by Gasteiger charge is 2.14. The molecule has 22 heavy (non-hydrogen) atoms. The summed E-state index contributed by atoms with van der Waals surface area (Å²) in [5, 5.41) is 19.8. The maximum absolute atomic E-state index is 10.9. The summed E-state index contributed by atoms with van der Waals surface area (Å²) in [4.78, 5) is 10.4. The minimum Gasteiger partial charge on any atom is -0.471 e. The molecule has 2 aromatic carbocycles. The van der Waals surface area contributed by atoms with E-state index in [-0.39, 0.29) is 23.3 Å². The second-order valence-electron chi connectivity index (χ2n) is 4.56. The van der Waals surface area contributed by atoms with E-state index in [0.29, 0.717) is 10.8 Å². The van der Waals surface area contributed by atoms with Gasteiger partial charge in [-0.15, -0.1) is 10.2 Å². The second-order valence-corrected chi connectivity index (χ2v) is 4.92. The number of fused-ring (bicyclic) bond motifs is 1. The van der Waals surface area contributed by atoms with Gasteiger partial charge < -0.3 is 4.74 Å². The van der Waals surface area contributed by atoms with E-state index in [1.165, 1.54) is 12.1 Å². The Morgan fingerprint density at radius 3 is 2.59 bits per heavy atom. The standard InChI is InChI=1S/C15H10ClN3O3/c16-14-12-7-6-11(19(20)21)8-13(12)15(18-17-14)22-9-10-4-2-1-3-5-10/h1-8H,9H2. The fraction of sp³-hybridized carbons (Fsp3) is 0.0667. The van der Waals surface area contributed by atoms with Crippen molar-refractivity contribution in [2.45, 2.75) is 6.61 Å². The molecule has 0 amide bonds. The molecular formula is C15H10ClN3O3. The molecule has 0 spiro atoms. The van der Waals surface area contributed by atoms with E-state index in [1.54, 1.807) is 6.07 Å². The normalized spacial score (nSPS) is 10.6. The Balaban J connectivity index is 1.99. The van der Waals surface area contributed by atoms with E-state index in [4.69, 9.17) is 16.3 Å². The first kappa shape index (κ1) is 14.2. The topological polar surface area (TPSA) is 78.2 Å². The molecule has 0 fully saturated rings. The highest BCUT2D eigenvalue weighted by molar-refractivity contribution is 6.34. The fourth-order valence-corrected chi connectivity index (χ4v) is 2.23. The molecule has 0 aliphatic carbocycles. The molecule has 0 N–H and O–H groups in total. The Hall–Kier alpha value is -2.73. The predicted octanol–water partition coefficient (Wildman–Crippen LogP) is 3.77. The van der Waals surface area contributed by atoms with E-state index in [9.17, 15) is 10.1 Å². The monoisotopic (exact) mass is 315 g/mol. The van der Waals surface area contributed by atoms with Crippen LogP contribution < -0.4 is 4.74 Å². The molecule has 6 nitrogen and oxygen atoms in total. The van der Waals surface area contributed by atoms with E-state index >= 15 is 0 Å². The van der Waals surface area contributed by atoms with Crippen LogP contribution in [0.4, 0.5) is 5.69 Å². The third-order valence-corrected chi connectivity index (χ3v) is 3.39. The number of hydrogen-bond donors (Lipinski definition) is 0. The number of rotatable bonds is 4. The first-order chi connectivity index (χ1) is 10.6. The molecule has 0 aliphatic rings. The lowest BCUT2D eigenvalue weighted by Crippen LogP contribution is -2.00. The van der Waals surface area contributed by atoms with Crippen LogP contribution in [-0.4, -0.2) is 15.1 Å². The van der Waals surface area contributed by atoms with Gasteiger partial charge in [-0.1, -0.05) is 41.9 Å². The smallest absolute Gasteiger partial charge is 0.270 e. The summed E-state index contributed by atoms with van der Waals surface area (Å²) in [5.41, 5.74) is 0.902. The zero-order chi connectivity index (χ0) is 15.5. The summed E-state index contributed by atoms with van der Waals surface area (Å²) >= 11 is 5.98. The van der Waals surface area contributed by atoms with Crippen LogP contribution in [0.25, 0.3) is 10.8 Å². The average Bonchev–Trinajstić information content (AvgIpc) is 2.55.